The van der Waals surface area contributed by atoms with Gasteiger partial charge in [0.15, 0.2) is 18.6 Å². The molecule has 0 saturated heterocycles. The Bertz CT molecular complexity index is 699. The third kappa shape index (κ3) is 4.43. The van der Waals surface area contributed by atoms with Crippen LogP contribution in [-0.4, -0.2) is 47.9 Å². The maximum absolute atomic E-state index is 10.7. The van der Waals surface area contributed by atoms with E-state index in [0.717, 1.165) is 11.3 Å². The lowest BCUT2D eigenvalue weighted by molar-refractivity contribution is -0.750. The van der Waals surface area contributed by atoms with Gasteiger partial charge in [-0.3, -0.25) is 4.55 Å². The SMILES string of the molecule is CN(C)c1cnc(-c2cc[n+](CCS(=O)(=O)O)nc2)nc1. The fourth-order valence-electron chi connectivity index (χ4n) is 1.56. The zero-order valence-electron chi connectivity index (χ0n) is 11.7. The fraction of sp³-hybridized carbons (Fsp3) is 0.333. The number of nitrogens with zero attached hydrogens (tertiary/aromatic N) is 5. The summed E-state index contributed by atoms with van der Waals surface area (Å²) >= 11 is 0. The molecular formula is C12H16N5O3S+. The van der Waals surface area contributed by atoms with Gasteiger partial charge in [-0.05, 0) is 5.10 Å². The summed E-state index contributed by atoms with van der Waals surface area (Å²) in [5.41, 5.74) is 1.62. The molecule has 0 atom stereocenters. The number of aromatic nitrogens is 4. The van der Waals surface area contributed by atoms with Crippen molar-refractivity contribution in [3.05, 3.63) is 30.9 Å². The summed E-state index contributed by atoms with van der Waals surface area (Å²) in [6.45, 7) is 0.0829. The monoisotopic (exact) mass is 310 g/mol. The molecule has 2 rings (SSSR count). The van der Waals surface area contributed by atoms with E-state index < -0.39 is 10.1 Å². The number of hydrogen-bond donors (Lipinski definition) is 1. The van der Waals surface area contributed by atoms with Crippen molar-refractivity contribution in [1.29, 1.82) is 0 Å². The zero-order chi connectivity index (χ0) is 15.5. The van der Waals surface area contributed by atoms with E-state index in [0.29, 0.717) is 5.82 Å². The van der Waals surface area contributed by atoms with Gasteiger partial charge in [0.25, 0.3) is 10.1 Å². The van der Waals surface area contributed by atoms with Crippen LogP contribution in [0.4, 0.5) is 5.69 Å². The van der Waals surface area contributed by atoms with E-state index in [1.54, 1.807) is 30.9 Å². The van der Waals surface area contributed by atoms with Crippen molar-refractivity contribution >= 4 is 15.8 Å². The molecule has 0 spiro atoms. The van der Waals surface area contributed by atoms with Crippen LogP contribution in [0.3, 0.4) is 0 Å². The molecule has 0 amide bonds. The van der Waals surface area contributed by atoms with Gasteiger partial charge in [-0.25, -0.2) is 9.97 Å². The minimum absolute atomic E-state index is 0.0829. The molecule has 2 heterocycles. The van der Waals surface area contributed by atoms with Crippen LogP contribution in [-0.2, 0) is 16.7 Å². The molecule has 112 valence electrons. The van der Waals surface area contributed by atoms with E-state index in [1.807, 2.05) is 19.0 Å². The number of rotatable bonds is 5. The summed E-state index contributed by atoms with van der Waals surface area (Å²) in [7, 11) is -0.181. The van der Waals surface area contributed by atoms with E-state index in [9.17, 15) is 8.42 Å². The first-order valence-electron chi connectivity index (χ1n) is 6.16. The second-order valence-electron chi connectivity index (χ2n) is 4.62. The Morgan fingerprint density at radius 2 is 1.90 bits per heavy atom. The normalized spacial score (nSPS) is 11.4. The predicted molar refractivity (Wildman–Crippen MR) is 76.2 cm³/mol. The molecule has 0 saturated carbocycles. The van der Waals surface area contributed by atoms with E-state index in [4.69, 9.17) is 4.55 Å². The van der Waals surface area contributed by atoms with E-state index in [-0.39, 0.29) is 12.3 Å². The molecule has 8 nitrogen and oxygen atoms in total. The molecule has 0 radical (unpaired) electrons. The van der Waals surface area contributed by atoms with Crippen molar-refractivity contribution in [2.45, 2.75) is 6.54 Å². The first-order chi connectivity index (χ1) is 9.85. The van der Waals surface area contributed by atoms with Crippen molar-refractivity contribution < 1.29 is 17.7 Å². The summed E-state index contributed by atoms with van der Waals surface area (Å²) in [5, 5.41) is 4.07. The van der Waals surface area contributed by atoms with Gasteiger partial charge < -0.3 is 4.90 Å². The topological polar surface area (TPSA) is 100 Å². The number of hydrogen-bond acceptors (Lipinski definition) is 6. The summed E-state index contributed by atoms with van der Waals surface area (Å²) in [4.78, 5) is 10.4. The molecule has 2 aromatic rings. The molecule has 2 aromatic heterocycles. The highest BCUT2D eigenvalue weighted by Gasteiger charge is 2.12. The van der Waals surface area contributed by atoms with E-state index in [2.05, 4.69) is 15.1 Å². The van der Waals surface area contributed by atoms with Crippen LogP contribution in [0.1, 0.15) is 0 Å². The van der Waals surface area contributed by atoms with Gasteiger partial charge in [0.1, 0.15) is 11.9 Å². The van der Waals surface area contributed by atoms with Crippen LogP contribution in [0.5, 0.6) is 0 Å². The van der Waals surface area contributed by atoms with Gasteiger partial charge in [-0.2, -0.15) is 8.42 Å². The van der Waals surface area contributed by atoms with Crippen LogP contribution in [0, 0.1) is 0 Å². The molecular weight excluding hydrogens is 294 g/mol. The van der Waals surface area contributed by atoms with Gasteiger partial charge >= 0.3 is 0 Å². The van der Waals surface area contributed by atoms with Gasteiger partial charge in [-0.1, -0.05) is 4.68 Å². The predicted octanol–water partition coefficient (Wildman–Crippen LogP) is -0.220. The minimum atomic E-state index is -3.99. The van der Waals surface area contributed by atoms with Gasteiger partial charge in [0.05, 0.1) is 18.1 Å². The smallest absolute Gasteiger partial charge is 0.271 e. The highest BCUT2D eigenvalue weighted by molar-refractivity contribution is 7.85. The lowest BCUT2D eigenvalue weighted by Gasteiger charge is -2.10. The number of anilines is 1. The quantitative estimate of drug-likeness (QED) is 0.602. The average Bonchev–Trinajstić information content (AvgIpc) is 2.45. The molecule has 0 fully saturated rings. The Balaban J connectivity index is 2.11. The maximum atomic E-state index is 10.7. The fourth-order valence-corrected chi connectivity index (χ4v) is 1.98. The van der Waals surface area contributed by atoms with E-state index in [1.165, 1.54) is 4.68 Å². The molecule has 0 unspecified atom stereocenters. The molecule has 0 aliphatic rings. The Kier molecular flexibility index (Phi) is 4.43. The molecule has 21 heavy (non-hydrogen) atoms. The zero-order valence-corrected chi connectivity index (χ0v) is 12.5. The third-order valence-corrected chi connectivity index (χ3v) is 3.46. The van der Waals surface area contributed by atoms with Crippen LogP contribution in [0.2, 0.25) is 0 Å². The Morgan fingerprint density at radius 3 is 2.38 bits per heavy atom. The van der Waals surface area contributed by atoms with Crippen molar-refractivity contribution in [3.63, 3.8) is 0 Å². The lowest BCUT2D eigenvalue weighted by atomic mass is 10.3. The summed E-state index contributed by atoms with van der Waals surface area (Å²) in [5.74, 6) is 0.160. The van der Waals surface area contributed by atoms with Crippen LogP contribution >= 0.6 is 0 Å². The summed E-state index contributed by atoms with van der Waals surface area (Å²) < 4.78 is 31.5. The second-order valence-corrected chi connectivity index (χ2v) is 6.20. The van der Waals surface area contributed by atoms with Crippen molar-refractivity contribution in [3.8, 4) is 11.4 Å². The second kappa shape index (κ2) is 6.10. The number of aryl methyl sites for hydroxylation is 1. The Morgan fingerprint density at radius 1 is 1.24 bits per heavy atom. The molecule has 0 aliphatic heterocycles. The first-order valence-corrected chi connectivity index (χ1v) is 7.77. The average molecular weight is 310 g/mol. The molecule has 0 aromatic carbocycles. The highest BCUT2D eigenvalue weighted by atomic mass is 32.2. The first kappa shape index (κ1) is 15.3. The van der Waals surface area contributed by atoms with Crippen molar-refractivity contribution in [2.75, 3.05) is 24.7 Å². The Labute approximate surface area is 122 Å². The van der Waals surface area contributed by atoms with Gasteiger partial charge in [0, 0.05) is 25.7 Å². The highest BCUT2D eigenvalue weighted by Crippen LogP contribution is 2.14. The standard InChI is InChI=1S/C12H15N5O3S/c1-16(2)11-8-13-12(14-9-11)10-3-4-17(15-7-10)5-6-21(18,19)20/h3-4,7-9H,5-6H2,1-2H3/p+1. The minimum Gasteiger partial charge on any atom is -0.375 e. The molecule has 0 bridgehead atoms. The maximum Gasteiger partial charge on any atom is 0.271 e. The van der Waals surface area contributed by atoms with Crippen molar-refractivity contribution in [1.82, 2.24) is 15.1 Å². The molecule has 1 N–H and O–H groups in total. The summed E-state index contributed by atoms with van der Waals surface area (Å²) in [6.07, 6.45) is 6.59. The van der Waals surface area contributed by atoms with Crippen LogP contribution in [0.25, 0.3) is 11.4 Å². The largest absolute Gasteiger partial charge is 0.375 e. The van der Waals surface area contributed by atoms with Crippen LogP contribution in [0.15, 0.2) is 30.9 Å². The van der Waals surface area contributed by atoms with Crippen molar-refractivity contribution in [2.24, 2.45) is 0 Å². The lowest BCUT2D eigenvalue weighted by Crippen LogP contribution is -2.40. The molecule has 9 heteroatoms. The third-order valence-electron chi connectivity index (χ3n) is 2.76. The van der Waals surface area contributed by atoms with Crippen LogP contribution < -0.4 is 9.58 Å². The van der Waals surface area contributed by atoms with Gasteiger partial charge in [-0.15, -0.1) is 0 Å². The summed E-state index contributed by atoms with van der Waals surface area (Å²) in [6, 6.07) is 1.74. The molecule has 0 aliphatic carbocycles. The van der Waals surface area contributed by atoms with E-state index >= 15 is 0 Å². The Hall–Kier alpha value is -2.13. The van der Waals surface area contributed by atoms with Gasteiger partial charge in [0.2, 0.25) is 0 Å².